The number of halogens is 2. The van der Waals surface area contributed by atoms with Gasteiger partial charge in [-0.3, -0.25) is 4.79 Å². The second-order valence-corrected chi connectivity index (χ2v) is 9.56. The number of benzene rings is 1. The maximum atomic E-state index is 12.8. The van der Waals surface area contributed by atoms with E-state index in [1.54, 1.807) is 18.5 Å². The SMILES string of the molecule is NC1(CC(=O)N[C@@H](CCO)c2ccc(Cl)cc2)CCN(c2ncnc3[nH]cc(Br)c23)CC1. The van der Waals surface area contributed by atoms with E-state index < -0.39 is 5.54 Å². The number of nitrogens with zero attached hydrogens (tertiary/aromatic N) is 3. The van der Waals surface area contributed by atoms with E-state index in [1.807, 2.05) is 18.3 Å². The number of hydrogen-bond donors (Lipinski definition) is 4. The number of nitrogens with two attached hydrogens (primary N) is 1. The number of carbonyl (C=O) groups excluding carboxylic acids is 1. The van der Waals surface area contributed by atoms with E-state index in [2.05, 4.69) is 41.1 Å². The Hall–Kier alpha value is -2.20. The van der Waals surface area contributed by atoms with Crippen LogP contribution in [0.25, 0.3) is 11.0 Å². The maximum Gasteiger partial charge on any atom is 0.222 e. The van der Waals surface area contributed by atoms with Gasteiger partial charge in [0.25, 0.3) is 0 Å². The number of H-pyrrole nitrogens is 1. The minimum Gasteiger partial charge on any atom is -0.396 e. The molecule has 0 spiro atoms. The molecule has 4 rings (SSSR count). The summed E-state index contributed by atoms with van der Waals surface area (Å²) in [6, 6.07) is 7.00. The standard InChI is InChI=1S/C22H26BrClN6O2/c23-16-12-26-20-19(16)21(28-13-27-20)30-8-6-22(25,7-9-30)11-18(32)29-17(5-10-31)14-1-3-15(24)4-2-14/h1-4,12-13,17,31H,5-11,25H2,(H,29,32)(H,26,27,28)/t17-/m0/s1. The molecule has 8 nitrogen and oxygen atoms in total. The lowest BCUT2D eigenvalue weighted by molar-refractivity contribution is -0.123. The summed E-state index contributed by atoms with van der Waals surface area (Å²) in [5.74, 6) is 0.743. The molecule has 3 heterocycles. The molecule has 0 radical (unpaired) electrons. The van der Waals surface area contributed by atoms with Gasteiger partial charge in [-0.1, -0.05) is 23.7 Å². The smallest absolute Gasteiger partial charge is 0.222 e. The largest absolute Gasteiger partial charge is 0.396 e. The first-order valence-corrected chi connectivity index (χ1v) is 11.7. The van der Waals surface area contributed by atoms with Crippen molar-refractivity contribution in [2.45, 2.75) is 37.3 Å². The molecule has 170 valence electrons. The summed E-state index contributed by atoms with van der Waals surface area (Å²) in [5, 5.41) is 14.0. The Bertz CT molecular complexity index is 1080. The van der Waals surface area contributed by atoms with Crippen molar-refractivity contribution in [3.63, 3.8) is 0 Å². The molecule has 0 aliphatic carbocycles. The fourth-order valence-corrected chi connectivity index (χ4v) is 4.81. The zero-order valence-electron chi connectivity index (χ0n) is 17.5. The van der Waals surface area contributed by atoms with Crippen LogP contribution < -0.4 is 16.0 Å². The van der Waals surface area contributed by atoms with Gasteiger partial charge in [0.2, 0.25) is 5.91 Å². The van der Waals surface area contributed by atoms with Gasteiger partial charge in [0.15, 0.2) is 0 Å². The molecule has 3 aromatic rings. The highest BCUT2D eigenvalue weighted by molar-refractivity contribution is 9.10. The number of aromatic amines is 1. The first-order chi connectivity index (χ1) is 15.4. The molecule has 1 aromatic carbocycles. The van der Waals surface area contributed by atoms with Crippen LogP contribution in [0, 0.1) is 0 Å². The number of anilines is 1. The Morgan fingerprint density at radius 3 is 2.72 bits per heavy atom. The summed E-state index contributed by atoms with van der Waals surface area (Å²) in [7, 11) is 0. The molecule has 10 heteroatoms. The zero-order valence-corrected chi connectivity index (χ0v) is 19.9. The molecule has 0 bridgehead atoms. The average Bonchev–Trinajstić information content (AvgIpc) is 3.15. The Morgan fingerprint density at radius 2 is 2.03 bits per heavy atom. The third-order valence-electron chi connectivity index (χ3n) is 6.00. The van der Waals surface area contributed by atoms with Crippen molar-refractivity contribution in [2.75, 3.05) is 24.6 Å². The van der Waals surface area contributed by atoms with Crippen LogP contribution in [0.5, 0.6) is 0 Å². The Labute approximate surface area is 199 Å². The molecule has 0 unspecified atom stereocenters. The van der Waals surface area contributed by atoms with E-state index in [1.165, 1.54) is 0 Å². The molecule has 1 amide bonds. The topological polar surface area (TPSA) is 120 Å². The van der Waals surface area contributed by atoms with Crippen molar-refractivity contribution in [1.29, 1.82) is 0 Å². The van der Waals surface area contributed by atoms with Crippen molar-refractivity contribution in [3.05, 3.63) is 51.8 Å². The first-order valence-electron chi connectivity index (χ1n) is 10.6. The lowest BCUT2D eigenvalue weighted by Gasteiger charge is -2.39. The number of nitrogens with one attached hydrogen (secondary N) is 2. The number of aromatic nitrogens is 3. The summed E-state index contributed by atoms with van der Waals surface area (Å²) in [6.45, 7) is 1.37. The van der Waals surface area contributed by atoms with Crippen molar-refractivity contribution in [2.24, 2.45) is 5.73 Å². The van der Waals surface area contributed by atoms with E-state index in [4.69, 9.17) is 17.3 Å². The first kappa shape index (κ1) is 23.0. The third-order valence-corrected chi connectivity index (χ3v) is 6.88. The molecule has 5 N–H and O–H groups in total. The Balaban J connectivity index is 1.39. The van der Waals surface area contributed by atoms with Crippen LogP contribution in [-0.2, 0) is 4.79 Å². The van der Waals surface area contributed by atoms with E-state index in [0.29, 0.717) is 37.4 Å². The normalized spacial score (nSPS) is 16.8. The molecule has 1 aliphatic rings. The maximum absolute atomic E-state index is 12.8. The predicted molar refractivity (Wildman–Crippen MR) is 129 cm³/mol. The van der Waals surface area contributed by atoms with Crippen LogP contribution in [0.3, 0.4) is 0 Å². The van der Waals surface area contributed by atoms with Gasteiger partial charge < -0.3 is 26.0 Å². The lowest BCUT2D eigenvalue weighted by Crippen LogP contribution is -2.53. The molecule has 1 saturated heterocycles. The van der Waals surface area contributed by atoms with Gasteiger partial charge in [0.1, 0.15) is 17.8 Å². The number of hydrogen-bond acceptors (Lipinski definition) is 6. The van der Waals surface area contributed by atoms with Gasteiger partial charge in [-0.2, -0.15) is 0 Å². The molecule has 32 heavy (non-hydrogen) atoms. The fraction of sp³-hybridized carbons (Fsp3) is 0.409. The van der Waals surface area contributed by atoms with Crippen LogP contribution in [-0.4, -0.2) is 51.2 Å². The highest BCUT2D eigenvalue weighted by Crippen LogP contribution is 2.33. The molecule has 1 fully saturated rings. The second-order valence-electron chi connectivity index (χ2n) is 8.27. The molecule has 2 aromatic heterocycles. The second kappa shape index (κ2) is 9.74. The van der Waals surface area contributed by atoms with Crippen molar-refractivity contribution in [3.8, 4) is 0 Å². The highest BCUT2D eigenvalue weighted by atomic mass is 79.9. The molecular weight excluding hydrogens is 496 g/mol. The summed E-state index contributed by atoms with van der Waals surface area (Å²) >= 11 is 9.52. The predicted octanol–water partition coefficient (Wildman–Crippen LogP) is 3.30. The molecule has 1 aliphatic heterocycles. The Morgan fingerprint density at radius 1 is 1.31 bits per heavy atom. The van der Waals surface area contributed by atoms with Gasteiger partial charge >= 0.3 is 0 Å². The van der Waals surface area contributed by atoms with E-state index in [-0.39, 0.29) is 25.0 Å². The minimum atomic E-state index is -0.591. The van der Waals surface area contributed by atoms with Gasteiger partial charge in [-0.15, -0.1) is 0 Å². The van der Waals surface area contributed by atoms with Crippen LogP contribution >= 0.6 is 27.5 Å². The number of amides is 1. The summed E-state index contributed by atoms with van der Waals surface area (Å²) in [5.41, 5.74) is 7.72. The highest BCUT2D eigenvalue weighted by Gasteiger charge is 2.34. The van der Waals surface area contributed by atoms with E-state index in [0.717, 1.165) is 26.9 Å². The van der Waals surface area contributed by atoms with Crippen LogP contribution in [0.4, 0.5) is 5.82 Å². The average molecular weight is 522 g/mol. The van der Waals surface area contributed by atoms with Gasteiger partial charge in [0, 0.05) is 47.3 Å². The fourth-order valence-electron chi connectivity index (χ4n) is 4.20. The number of carbonyl (C=O) groups is 1. The van der Waals surface area contributed by atoms with Crippen molar-refractivity contribution < 1.29 is 9.90 Å². The molecule has 0 saturated carbocycles. The van der Waals surface area contributed by atoms with Gasteiger partial charge in [-0.05, 0) is 52.9 Å². The number of aliphatic hydroxyl groups excluding tert-OH is 1. The van der Waals surface area contributed by atoms with Crippen LogP contribution in [0.2, 0.25) is 5.02 Å². The summed E-state index contributed by atoms with van der Waals surface area (Å²) in [4.78, 5) is 26.9. The van der Waals surface area contributed by atoms with Gasteiger partial charge in [0.05, 0.1) is 11.4 Å². The number of piperidine rings is 1. The van der Waals surface area contributed by atoms with E-state index >= 15 is 0 Å². The van der Waals surface area contributed by atoms with Crippen molar-refractivity contribution in [1.82, 2.24) is 20.3 Å². The van der Waals surface area contributed by atoms with Gasteiger partial charge in [-0.25, -0.2) is 9.97 Å². The molecule has 1 atom stereocenters. The summed E-state index contributed by atoms with van der Waals surface area (Å²) in [6.07, 6.45) is 5.39. The number of aliphatic hydroxyl groups is 1. The zero-order chi connectivity index (χ0) is 22.7. The van der Waals surface area contributed by atoms with E-state index in [9.17, 15) is 9.90 Å². The monoisotopic (exact) mass is 520 g/mol. The third kappa shape index (κ3) is 5.06. The number of fused-ring (bicyclic) bond motifs is 1. The van der Waals surface area contributed by atoms with Crippen LogP contribution in [0.1, 0.15) is 37.3 Å². The lowest BCUT2D eigenvalue weighted by atomic mass is 9.85. The molecular formula is C22H26BrClN6O2. The summed E-state index contributed by atoms with van der Waals surface area (Å²) < 4.78 is 0.921. The van der Waals surface area contributed by atoms with Crippen molar-refractivity contribution >= 4 is 50.3 Å². The quantitative estimate of drug-likeness (QED) is 0.379. The minimum absolute atomic E-state index is 0.0293. The Kier molecular flexibility index (Phi) is 6.99. The number of rotatable bonds is 7. The van der Waals surface area contributed by atoms with Crippen LogP contribution in [0.15, 0.2) is 41.3 Å².